The van der Waals surface area contributed by atoms with E-state index in [4.69, 9.17) is 0 Å². The quantitative estimate of drug-likeness (QED) is 0.923. The van der Waals surface area contributed by atoms with Gasteiger partial charge in [0.15, 0.2) is 0 Å². The molecule has 1 fully saturated rings. The van der Waals surface area contributed by atoms with Crippen LogP contribution in [0, 0.1) is 0 Å². The van der Waals surface area contributed by atoms with Crippen LogP contribution in [-0.4, -0.2) is 26.0 Å². The first kappa shape index (κ1) is 11.9. The summed E-state index contributed by atoms with van der Waals surface area (Å²) in [5.74, 6) is 0.922. The number of hydrogen-bond acceptors (Lipinski definition) is 3. The molecule has 0 saturated heterocycles. The molecule has 0 unspecified atom stereocenters. The van der Waals surface area contributed by atoms with Crippen molar-refractivity contribution in [2.24, 2.45) is 7.05 Å². The number of rotatable bonds is 2. The van der Waals surface area contributed by atoms with Gasteiger partial charge in [-0.1, -0.05) is 28.1 Å². The van der Waals surface area contributed by atoms with E-state index in [1.165, 1.54) is 5.56 Å². The summed E-state index contributed by atoms with van der Waals surface area (Å²) in [5.41, 5.74) is 0.979. The zero-order chi connectivity index (χ0) is 12.8. The molecule has 1 N–H and O–H groups in total. The fourth-order valence-electron chi connectivity index (χ4n) is 2.79. The van der Waals surface area contributed by atoms with Gasteiger partial charge in [-0.05, 0) is 30.5 Å². The third-order valence-electron chi connectivity index (χ3n) is 3.68. The smallest absolute Gasteiger partial charge is 0.143 e. The predicted molar refractivity (Wildman–Crippen MR) is 71.2 cm³/mol. The van der Waals surface area contributed by atoms with Crippen LogP contribution in [0.5, 0.6) is 0 Å². The van der Waals surface area contributed by atoms with Gasteiger partial charge in [0, 0.05) is 11.5 Å². The number of benzene rings is 1. The van der Waals surface area contributed by atoms with Crippen LogP contribution in [0.15, 0.2) is 35.1 Å². The Labute approximate surface area is 114 Å². The van der Waals surface area contributed by atoms with E-state index >= 15 is 0 Å². The SMILES string of the molecule is Cn1cnnc1C1(c2cccc(Br)c2)CC(O)C1. The Morgan fingerprint density at radius 1 is 1.44 bits per heavy atom. The van der Waals surface area contributed by atoms with E-state index in [2.05, 4.69) is 38.3 Å². The van der Waals surface area contributed by atoms with E-state index in [1.54, 1.807) is 6.33 Å². The highest BCUT2D eigenvalue weighted by molar-refractivity contribution is 9.10. The molecule has 2 aromatic rings. The number of hydrogen-bond donors (Lipinski definition) is 1. The Kier molecular flexibility index (Phi) is 2.75. The first-order chi connectivity index (χ1) is 8.62. The van der Waals surface area contributed by atoms with Crippen molar-refractivity contribution in [3.63, 3.8) is 0 Å². The van der Waals surface area contributed by atoms with Crippen molar-refractivity contribution < 1.29 is 5.11 Å². The van der Waals surface area contributed by atoms with Crippen molar-refractivity contribution >= 4 is 15.9 Å². The number of aromatic nitrogens is 3. The van der Waals surface area contributed by atoms with Gasteiger partial charge in [-0.25, -0.2) is 0 Å². The predicted octanol–water partition coefficient (Wildman–Crippen LogP) is 2.02. The molecule has 1 aliphatic carbocycles. The van der Waals surface area contributed by atoms with E-state index in [9.17, 15) is 5.11 Å². The average Bonchev–Trinajstić information content (AvgIpc) is 2.71. The number of halogens is 1. The molecule has 4 nitrogen and oxygen atoms in total. The minimum atomic E-state index is -0.249. The van der Waals surface area contributed by atoms with Gasteiger partial charge in [0.1, 0.15) is 12.2 Å². The van der Waals surface area contributed by atoms with Crippen LogP contribution >= 0.6 is 15.9 Å². The standard InChI is InChI=1S/C13H14BrN3O/c1-17-8-15-16-12(17)13(6-11(18)7-13)9-3-2-4-10(14)5-9/h2-5,8,11,18H,6-7H2,1H3. The average molecular weight is 308 g/mol. The molecular weight excluding hydrogens is 294 g/mol. The largest absolute Gasteiger partial charge is 0.393 e. The van der Waals surface area contributed by atoms with Crippen molar-refractivity contribution in [3.05, 3.63) is 46.5 Å². The number of aliphatic hydroxyl groups is 1. The molecule has 0 spiro atoms. The van der Waals surface area contributed by atoms with Gasteiger partial charge in [-0.15, -0.1) is 10.2 Å². The molecule has 0 atom stereocenters. The van der Waals surface area contributed by atoms with Gasteiger partial charge in [-0.3, -0.25) is 0 Å². The van der Waals surface area contributed by atoms with Gasteiger partial charge in [-0.2, -0.15) is 0 Å². The van der Waals surface area contributed by atoms with Gasteiger partial charge in [0.2, 0.25) is 0 Å². The fraction of sp³-hybridized carbons (Fsp3) is 0.385. The summed E-state index contributed by atoms with van der Waals surface area (Å²) in [5, 5.41) is 17.9. The van der Waals surface area contributed by atoms with Crippen molar-refractivity contribution in [2.45, 2.75) is 24.4 Å². The Bertz CT molecular complexity index is 575. The van der Waals surface area contributed by atoms with Gasteiger partial charge >= 0.3 is 0 Å². The van der Waals surface area contributed by atoms with E-state index in [1.807, 2.05) is 23.7 Å². The molecule has 94 valence electrons. The molecular formula is C13H14BrN3O. The monoisotopic (exact) mass is 307 g/mol. The lowest BCUT2D eigenvalue weighted by molar-refractivity contribution is 0.0323. The van der Waals surface area contributed by atoms with E-state index in [0.717, 1.165) is 10.3 Å². The molecule has 1 heterocycles. The maximum absolute atomic E-state index is 9.73. The summed E-state index contributed by atoms with van der Waals surface area (Å²) in [7, 11) is 1.94. The fourth-order valence-corrected chi connectivity index (χ4v) is 3.19. The molecule has 1 aromatic heterocycles. The highest BCUT2D eigenvalue weighted by Gasteiger charge is 2.49. The Morgan fingerprint density at radius 3 is 2.78 bits per heavy atom. The summed E-state index contributed by atoms with van der Waals surface area (Å²) in [6.45, 7) is 0. The first-order valence-electron chi connectivity index (χ1n) is 5.90. The molecule has 3 rings (SSSR count). The molecule has 0 amide bonds. The van der Waals surface area contributed by atoms with Crippen molar-refractivity contribution in [3.8, 4) is 0 Å². The van der Waals surface area contributed by atoms with Crippen molar-refractivity contribution in [1.29, 1.82) is 0 Å². The second-order valence-corrected chi connectivity index (χ2v) is 5.84. The van der Waals surface area contributed by atoms with Crippen molar-refractivity contribution in [2.75, 3.05) is 0 Å². The zero-order valence-electron chi connectivity index (χ0n) is 10.0. The summed E-state index contributed by atoms with van der Waals surface area (Å²) < 4.78 is 2.98. The third-order valence-corrected chi connectivity index (χ3v) is 4.18. The van der Waals surface area contributed by atoms with Crippen LogP contribution in [0.3, 0.4) is 0 Å². The third kappa shape index (κ3) is 1.69. The maximum atomic E-state index is 9.73. The van der Waals surface area contributed by atoms with Gasteiger partial charge in [0.25, 0.3) is 0 Å². The number of nitrogens with zero attached hydrogens (tertiary/aromatic N) is 3. The molecule has 0 radical (unpaired) electrons. The minimum Gasteiger partial charge on any atom is -0.393 e. The topological polar surface area (TPSA) is 50.9 Å². The Morgan fingerprint density at radius 2 is 2.22 bits per heavy atom. The first-order valence-corrected chi connectivity index (χ1v) is 6.70. The van der Waals surface area contributed by atoms with Gasteiger partial charge in [0.05, 0.1) is 11.5 Å². The zero-order valence-corrected chi connectivity index (χ0v) is 11.6. The molecule has 1 aromatic carbocycles. The number of aliphatic hydroxyl groups excluding tert-OH is 1. The number of aryl methyl sites for hydroxylation is 1. The van der Waals surface area contributed by atoms with E-state index in [-0.39, 0.29) is 11.5 Å². The van der Waals surface area contributed by atoms with Gasteiger partial charge < -0.3 is 9.67 Å². The molecule has 0 bridgehead atoms. The molecule has 0 aliphatic heterocycles. The van der Waals surface area contributed by atoms with Crippen LogP contribution < -0.4 is 0 Å². The van der Waals surface area contributed by atoms with Crippen LogP contribution in [-0.2, 0) is 12.5 Å². The molecule has 1 saturated carbocycles. The molecule has 18 heavy (non-hydrogen) atoms. The van der Waals surface area contributed by atoms with Crippen LogP contribution in [0.1, 0.15) is 24.2 Å². The van der Waals surface area contributed by atoms with E-state index < -0.39 is 0 Å². The Hall–Kier alpha value is -1.20. The molecule has 1 aliphatic rings. The lowest BCUT2D eigenvalue weighted by atomic mass is 9.62. The summed E-state index contributed by atoms with van der Waals surface area (Å²) in [6.07, 6.45) is 2.87. The molecule has 5 heteroatoms. The second kappa shape index (κ2) is 4.17. The summed E-state index contributed by atoms with van der Waals surface area (Å²) >= 11 is 3.50. The summed E-state index contributed by atoms with van der Waals surface area (Å²) in [6, 6.07) is 8.21. The second-order valence-electron chi connectivity index (χ2n) is 4.92. The van der Waals surface area contributed by atoms with E-state index in [0.29, 0.717) is 12.8 Å². The van der Waals surface area contributed by atoms with Crippen molar-refractivity contribution in [1.82, 2.24) is 14.8 Å². The summed E-state index contributed by atoms with van der Waals surface area (Å²) in [4.78, 5) is 0. The van der Waals surface area contributed by atoms with Crippen LogP contribution in [0.2, 0.25) is 0 Å². The van der Waals surface area contributed by atoms with Crippen LogP contribution in [0.4, 0.5) is 0 Å². The Balaban J connectivity index is 2.11. The lowest BCUT2D eigenvalue weighted by Crippen LogP contribution is -2.47. The normalized spacial score (nSPS) is 26.9. The highest BCUT2D eigenvalue weighted by atomic mass is 79.9. The highest BCUT2D eigenvalue weighted by Crippen LogP contribution is 2.48. The lowest BCUT2D eigenvalue weighted by Gasteiger charge is -2.44. The maximum Gasteiger partial charge on any atom is 0.143 e. The minimum absolute atomic E-state index is 0.200. The van der Waals surface area contributed by atoms with Crippen LogP contribution in [0.25, 0.3) is 0 Å².